The highest BCUT2D eigenvalue weighted by atomic mass is 35.5. The van der Waals surface area contributed by atoms with Crippen molar-refractivity contribution in [3.63, 3.8) is 0 Å². The van der Waals surface area contributed by atoms with Crippen molar-refractivity contribution < 1.29 is 4.92 Å². The molecule has 0 aromatic heterocycles. The van der Waals surface area contributed by atoms with E-state index in [0.717, 1.165) is 5.57 Å². The second kappa shape index (κ2) is 4.43. The molecule has 0 spiro atoms. The maximum absolute atomic E-state index is 10.7. The minimum absolute atomic E-state index is 0.172. The average molecular weight is 215 g/mol. The largest absolute Gasteiger partial charge is 0.264 e. The van der Waals surface area contributed by atoms with Crippen molar-refractivity contribution in [3.8, 4) is 6.07 Å². The van der Waals surface area contributed by atoms with Crippen LogP contribution in [0.3, 0.4) is 0 Å². The molecule has 14 heavy (non-hydrogen) atoms. The van der Waals surface area contributed by atoms with E-state index in [0.29, 0.717) is 6.42 Å². The van der Waals surface area contributed by atoms with Gasteiger partial charge in [-0.25, -0.2) is 0 Å². The van der Waals surface area contributed by atoms with Gasteiger partial charge < -0.3 is 0 Å². The minimum atomic E-state index is -0.741. The molecule has 0 aliphatic heterocycles. The van der Waals surface area contributed by atoms with Crippen LogP contribution in [-0.2, 0) is 0 Å². The molecule has 5 heteroatoms. The second-order valence-corrected chi connectivity index (χ2v) is 4.08. The molecule has 0 heterocycles. The maximum Gasteiger partial charge on any atom is 0.235 e. The van der Waals surface area contributed by atoms with E-state index in [1.54, 1.807) is 13.0 Å². The molecule has 0 N–H and O–H groups in total. The highest BCUT2D eigenvalue weighted by molar-refractivity contribution is 6.21. The first-order chi connectivity index (χ1) is 6.56. The fourth-order valence-corrected chi connectivity index (χ4v) is 1.94. The van der Waals surface area contributed by atoms with E-state index < -0.39 is 6.04 Å². The Kier molecular flexibility index (Phi) is 3.48. The summed E-state index contributed by atoms with van der Waals surface area (Å²) < 4.78 is 0. The number of rotatable bonds is 2. The van der Waals surface area contributed by atoms with Gasteiger partial charge in [0.05, 0.1) is 12.5 Å². The van der Waals surface area contributed by atoms with Crippen LogP contribution in [0.15, 0.2) is 11.6 Å². The zero-order valence-electron chi connectivity index (χ0n) is 7.81. The van der Waals surface area contributed by atoms with Crippen molar-refractivity contribution in [2.75, 3.05) is 0 Å². The number of nitrogens with zero attached hydrogens (tertiary/aromatic N) is 2. The molecule has 76 valence electrons. The van der Waals surface area contributed by atoms with Crippen molar-refractivity contribution in [2.24, 2.45) is 5.92 Å². The summed E-state index contributed by atoms with van der Waals surface area (Å²) in [6, 6.07) is 1.24. The summed E-state index contributed by atoms with van der Waals surface area (Å²) in [4.78, 5) is 10.3. The molecule has 0 radical (unpaired) electrons. The molecule has 0 saturated carbocycles. The van der Waals surface area contributed by atoms with E-state index in [9.17, 15) is 10.1 Å². The Balaban J connectivity index is 2.87. The van der Waals surface area contributed by atoms with Crippen LogP contribution in [0.4, 0.5) is 0 Å². The Morgan fingerprint density at radius 2 is 2.50 bits per heavy atom. The number of alkyl halides is 1. The summed E-state index contributed by atoms with van der Waals surface area (Å²) in [5.41, 5.74) is 0.785. The lowest BCUT2D eigenvalue weighted by Crippen LogP contribution is -2.35. The molecule has 0 fully saturated rings. The van der Waals surface area contributed by atoms with Crippen LogP contribution >= 0.6 is 11.6 Å². The quantitative estimate of drug-likeness (QED) is 0.306. The summed E-state index contributed by atoms with van der Waals surface area (Å²) >= 11 is 5.98. The van der Waals surface area contributed by atoms with Crippen molar-refractivity contribution in [1.29, 1.82) is 5.26 Å². The zero-order chi connectivity index (χ0) is 10.7. The number of halogens is 1. The third kappa shape index (κ3) is 2.24. The molecule has 0 aromatic carbocycles. The van der Waals surface area contributed by atoms with Gasteiger partial charge in [0.2, 0.25) is 6.04 Å². The van der Waals surface area contributed by atoms with Gasteiger partial charge in [0, 0.05) is 16.2 Å². The number of hydrogen-bond donors (Lipinski definition) is 0. The minimum Gasteiger partial charge on any atom is -0.264 e. The van der Waals surface area contributed by atoms with Gasteiger partial charge in [0.1, 0.15) is 0 Å². The monoisotopic (exact) mass is 214 g/mol. The van der Waals surface area contributed by atoms with Crippen molar-refractivity contribution in [2.45, 2.75) is 31.2 Å². The van der Waals surface area contributed by atoms with Crippen LogP contribution in [0.1, 0.15) is 19.8 Å². The SMILES string of the molecule is CC1C(Cl)CC(CC#N)=CC1[N+](=O)[O-]. The number of allylic oxidation sites excluding steroid dienone is 1. The average Bonchev–Trinajstić information content (AvgIpc) is 2.11. The first kappa shape index (κ1) is 11.0. The molecular formula is C9H11ClN2O2. The lowest BCUT2D eigenvalue weighted by Gasteiger charge is -2.25. The van der Waals surface area contributed by atoms with Gasteiger partial charge >= 0.3 is 0 Å². The van der Waals surface area contributed by atoms with Crippen LogP contribution in [0, 0.1) is 27.4 Å². The van der Waals surface area contributed by atoms with Crippen LogP contribution in [0.5, 0.6) is 0 Å². The van der Waals surface area contributed by atoms with E-state index in [2.05, 4.69) is 0 Å². The predicted octanol–water partition coefficient (Wildman–Crippen LogP) is 2.12. The summed E-state index contributed by atoms with van der Waals surface area (Å²) in [7, 11) is 0. The smallest absolute Gasteiger partial charge is 0.235 e. The fraction of sp³-hybridized carbons (Fsp3) is 0.667. The van der Waals surface area contributed by atoms with Gasteiger partial charge in [-0.2, -0.15) is 5.26 Å². The number of nitro groups is 1. The van der Waals surface area contributed by atoms with Gasteiger partial charge in [-0.3, -0.25) is 10.1 Å². The first-order valence-electron chi connectivity index (χ1n) is 4.40. The van der Waals surface area contributed by atoms with E-state index in [-0.39, 0.29) is 22.6 Å². The van der Waals surface area contributed by atoms with Crippen molar-refractivity contribution in [3.05, 3.63) is 21.8 Å². The van der Waals surface area contributed by atoms with Crippen molar-refractivity contribution >= 4 is 11.6 Å². The topological polar surface area (TPSA) is 66.9 Å². The summed E-state index contributed by atoms with van der Waals surface area (Å²) in [6.07, 6.45) is 2.40. The third-order valence-corrected chi connectivity index (χ3v) is 3.07. The molecule has 1 aliphatic rings. The molecule has 0 aromatic rings. The van der Waals surface area contributed by atoms with Crippen LogP contribution in [0.2, 0.25) is 0 Å². The molecule has 4 nitrogen and oxygen atoms in total. The Hall–Kier alpha value is -1.08. The second-order valence-electron chi connectivity index (χ2n) is 3.51. The standard InChI is InChI=1S/C9H11ClN2O2/c1-6-8(10)4-7(2-3-11)5-9(6)12(13)14/h5-6,8-9H,2,4H2,1H3. The molecule has 0 amide bonds. The van der Waals surface area contributed by atoms with Gasteiger partial charge in [0.15, 0.2) is 0 Å². The number of nitriles is 1. The van der Waals surface area contributed by atoms with E-state index in [4.69, 9.17) is 16.9 Å². The summed E-state index contributed by atoms with van der Waals surface area (Å²) in [5.74, 6) is -0.172. The van der Waals surface area contributed by atoms with E-state index in [1.807, 2.05) is 6.07 Å². The lowest BCUT2D eigenvalue weighted by atomic mass is 9.86. The van der Waals surface area contributed by atoms with E-state index in [1.165, 1.54) is 0 Å². The molecule has 3 atom stereocenters. The summed E-state index contributed by atoms with van der Waals surface area (Å²) in [6.45, 7) is 1.77. The van der Waals surface area contributed by atoms with E-state index >= 15 is 0 Å². The lowest BCUT2D eigenvalue weighted by molar-refractivity contribution is -0.518. The highest BCUT2D eigenvalue weighted by Crippen LogP contribution is 2.30. The van der Waals surface area contributed by atoms with Gasteiger partial charge in [-0.05, 0) is 12.5 Å². The fourth-order valence-electron chi connectivity index (χ4n) is 1.60. The Bertz CT molecular complexity index is 308. The highest BCUT2D eigenvalue weighted by Gasteiger charge is 2.35. The molecule has 1 rings (SSSR count). The van der Waals surface area contributed by atoms with Gasteiger partial charge in [0.25, 0.3) is 0 Å². The normalized spacial score (nSPS) is 31.8. The Labute approximate surface area is 87.3 Å². The van der Waals surface area contributed by atoms with Gasteiger partial charge in [-0.15, -0.1) is 11.6 Å². The van der Waals surface area contributed by atoms with Crippen LogP contribution in [-0.4, -0.2) is 16.3 Å². The molecular weight excluding hydrogens is 204 g/mol. The van der Waals surface area contributed by atoms with Crippen LogP contribution < -0.4 is 0 Å². The third-order valence-electron chi connectivity index (χ3n) is 2.52. The maximum atomic E-state index is 10.7. The Morgan fingerprint density at radius 3 is 3.00 bits per heavy atom. The molecule has 3 unspecified atom stereocenters. The summed E-state index contributed by atoms with van der Waals surface area (Å²) in [5, 5.41) is 18.9. The van der Waals surface area contributed by atoms with Crippen LogP contribution in [0.25, 0.3) is 0 Å². The molecule has 0 bridgehead atoms. The first-order valence-corrected chi connectivity index (χ1v) is 4.84. The molecule has 1 aliphatic carbocycles. The number of hydrogen-bond acceptors (Lipinski definition) is 3. The zero-order valence-corrected chi connectivity index (χ0v) is 8.57. The van der Waals surface area contributed by atoms with Gasteiger partial charge in [-0.1, -0.05) is 12.5 Å². The Morgan fingerprint density at radius 1 is 1.86 bits per heavy atom. The molecule has 0 saturated heterocycles. The van der Waals surface area contributed by atoms with Crippen molar-refractivity contribution in [1.82, 2.24) is 0 Å². The predicted molar refractivity (Wildman–Crippen MR) is 52.5 cm³/mol.